The Balaban J connectivity index is 1.99. The van der Waals surface area contributed by atoms with Crippen molar-refractivity contribution in [2.45, 2.75) is 23.2 Å². The van der Waals surface area contributed by atoms with Gasteiger partial charge < -0.3 is 5.32 Å². The highest BCUT2D eigenvalue weighted by Crippen LogP contribution is 2.30. The molecule has 0 unspecified atom stereocenters. The lowest BCUT2D eigenvalue weighted by atomic mass is 10.0. The van der Waals surface area contributed by atoms with Crippen LogP contribution >= 0.6 is 11.8 Å². The molecule has 2 rings (SSSR count). The SMILES string of the molecule is O=S(=O)(c1ccc(NCC2CCSCC2)cc1)C(F)(F)F. The van der Waals surface area contributed by atoms with Crippen molar-refractivity contribution in [3.63, 3.8) is 0 Å². The highest BCUT2D eigenvalue weighted by Gasteiger charge is 2.46. The van der Waals surface area contributed by atoms with Gasteiger partial charge in [-0.2, -0.15) is 24.9 Å². The van der Waals surface area contributed by atoms with Gasteiger partial charge in [0.15, 0.2) is 0 Å². The van der Waals surface area contributed by atoms with E-state index in [-0.39, 0.29) is 0 Å². The first-order valence-corrected chi connectivity index (χ1v) is 9.17. The van der Waals surface area contributed by atoms with Gasteiger partial charge in [0.25, 0.3) is 9.84 Å². The van der Waals surface area contributed by atoms with E-state index in [4.69, 9.17) is 0 Å². The van der Waals surface area contributed by atoms with Crippen LogP contribution in [0.1, 0.15) is 12.8 Å². The second kappa shape index (κ2) is 6.48. The third kappa shape index (κ3) is 4.06. The van der Waals surface area contributed by atoms with Gasteiger partial charge in [-0.05, 0) is 54.5 Å². The van der Waals surface area contributed by atoms with Gasteiger partial charge in [0, 0.05) is 12.2 Å². The summed E-state index contributed by atoms with van der Waals surface area (Å²) in [5.74, 6) is 2.83. The zero-order chi connectivity index (χ0) is 15.5. The molecular weight excluding hydrogens is 323 g/mol. The van der Waals surface area contributed by atoms with Crippen LogP contribution in [0.3, 0.4) is 0 Å². The molecule has 1 aromatic rings. The predicted octanol–water partition coefficient (Wildman–Crippen LogP) is 3.54. The Morgan fingerprint density at radius 2 is 1.71 bits per heavy atom. The van der Waals surface area contributed by atoms with Crippen molar-refractivity contribution < 1.29 is 21.6 Å². The summed E-state index contributed by atoms with van der Waals surface area (Å²) < 4.78 is 59.7. The molecule has 0 saturated carbocycles. The highest BCUT2D eigenvalue weighted by atomic mass is 32.2. The summed E-state index contributed by atoms with van der Waals surface area (Å²) in [5, 5.41) is 3.15. The van der Waals surface area contributed by atoms with Gasteiger partial charge in [-0.3, -0.25) is 0 Å². The topological polar surface area (TPSA) is 46.2 Å². The van der Waals surface area contributed by atoms with Crippen LogP contribution in [0, 0.1) is 5.92 Å². The summed E-state index contributed by atoms with van der Waals surface area (Å²) in [6.45, 7) is 0.756. The summed E-state index contributed by atoms with van der Waals surface area (Å²) >= 11 is 1.93. The number of thioether (sulfide) groups is 1. The minimum atomic E-state index is -5.26. The molecule has 0 aliphatic carbocycles. The summed E-state index contributed by atoms with van der Waals surface area (Å²) in [6.07, 6.45) is 2.25. The predicted molar refractivity (Wildman–Crippen MR) is 78.2 cm³/mol. The Morgan fingerprint density at radius 1 is 1.14 bits per heavy atom. The van der Waals surface area contributed by atoms with Gasteiger partial charge in [-0.1, -0.05) is 0 Å². The number of hydrogen-bond donors (Lipinski definition) is 1. The van der Waals surface area contributed by atoms with E-state index < -0.39 is 20.2 Å². The maximum absolute atomic E-state index is 12.4. The molecule has 1 aliphatic heterocycles. The molecule has 0 amide bonds. The van der Waals surface area contributed by atoms with Gasteiger partial charge in [0.1, 0.15) is 0 Å². The van der Waals surface area contributed by atoms with Crippen LogP contribution in [0.2, 0.25) is 0 Å². The van der Waals surface area contributed by atoms with Crippen molar-refractivity contribution in [3.8, 4) is 0 Å². The standard InChI is InChI=1S/C13H16F3NO2S2/c14-13(15,16)21(18,19)12-3-1-11(2-4-12)17-9-10-5-7-20-8-6-10/h1-4,10,17H,5-9H2. The van der Waals surface area contributed by atoms with Gasteiger partial charge in [0.2, 0.25) is 0 Å². The van der Waals surface area contributed by atoms with E-state index in [0.29, 0.717) is 11.6 Å². The van der Waals surface area contributed by atoms with E-state index in [1.165, 1.54) is 12.1 Å². The average Bonchev–Trinajstić information content (AvgIpc) is 2.45. The largest absolute Gasteiger partial charge is 0.501 e. The zero-order valence-electron chi connectivity index (χ0n) is 11.2. The first-order chi connectivity index (χ1) is 9.80. The van der Waals surface area contributed by atoms with Crippen LogP contribution < -0.4 is 5.32 Å². The van der Waals surface area contributed by atoms with Crippen molar-refractivity contribution in [1.82, 2.24) is 0 Å². The molecule has 118 valence electrons. The van der Waals surface area contributed by atoms with Gasteiger partial charge >= 0.3 is 5.51 Å². The molecule has 0 aromatic heterocycles. The van der Waals surface area contributed by atoms with Crippen molar-refractivity contribution in [2.24, 2.45) is 5.92 Å². The molecule has 0 atom stereocenters. The Hall–Kier alpha value is -0.890. The van der Waals surface area contributed by atoms with Crippen molar-refractivity contribution in [2.75, 3.05) is 23.4 Å². The van der Waals surface area contributed by atoms with Crippen LogP contribution in [-0.2, 0) is 9.84 Å². The molecule has 0 bridgehead atoms. The van der Waals surface area contributed by atoms with Gasteiger partial charge in [-0.25, -0.2) is 8.42 Å². The molecule has 8 heteroatoms. The monoisotopic (exact) mass is 339 g/mol. The molecule has 1 aromatic carbocycles. The van der Waals surface area contributed by atoms with Crippen LogP contribution in [0.25, 0.3) is 0 Å². The third-order valence-electron chi connectivity index (χ3n) is 3.41. The smallest absolute Gasteiger partial charge is 0.385 e. The van der Waals surface area contributed by atoms with Crippen LogP contribution in [-0.4, -0.2) is 32.0 Å². The maximum Gasteiger partial charge on any atom is 0.501 e. The third-order valence-corrected chi connectivity index (χ3v) is 5.96. The zero-order valence-corrected chi connectivity index (χ0v) is 12.8. The first-order valence-electron chi connectivity index (χ1n) is 6.54. The van der Waals surface area contributed by atoms with Crippen molar-refractivity contribution in [1.29, 1.82) is 0 Å². The quantitative estimate of drug-likeness (QED) is 0.911. The van der Waals surface area contributed by atoms with Crippen LogP contribution in [0.4, 0.5) is 18.9 Å². The Kier molecular flexibility index (Phi) is 5.08. The summed E-state index contributed by atoms with van der Waals surface area (Å²) in [7, 11) is -5.26. The normalized spacial score (nSPS) is 17.7. The fraction of sp³-hybridized carbons (Fsp3) is 0.538. The molecule has 1 saturated heterocycles. The van der Waals surface area contributed by atoms with Gasteiger partial charge in [0.05, 0.1) is 4.90 Å². The van der Waals surface area contributed by atoms with E-state index in [1.54, 1.807) is 0 Å². The Morgan fingerprint density at radius 3 is 2.24 bits per heavy atom. The number of hydrogen-bond acceptors (Lipinski definition) is 4. The molecule has 1 aliphatic rings. The molecule has 3 nitrogen and oxygen atoms in total. The molecule has 0 spiro atoms. The second-order valence-corrected chi connectivity index (χ2v) is 8.08. The number of rotatable bonds is 4. The second-order valence-electron chi connectivity index (χ2n) is 4.91. The van der Waals surface area contributed by atoms with Crippen molar-refractivity contribution >= 4 is 27.3 Å². The van der Waals surface area contributed by atoms with Crippen LogP contribution in [0.5, 0.6) is 0 Å². The van der Waals surface area contributed by atoms with E-state index in [1.807, 2.05) is 11.8 Å². The molecular formula is C13H16F3NO2S2. The van der Waals surface area contributed by atoms with E-state index >= 15 is 0 Å². The Bertz CT molecular complexity index is 564. The summed E-state index contributed by atoms with van der Waals surface area (Å²) in [5.41, 5.74) is -4.63. The minimum Gasteiger partial charge on any atom is -0.385 e. The number of alkyl halides is 3. The molecule has 1 heterocycles. The highest BCUT2D eigenvalue weighted by molar-refractivity contribution is 7.99. The molecule has 0 radical (unpaired) electrons. The fourth-order valence-electron chi connectivity index (χ4n) is 2.10. The van der Waals surface area contributed by atoms with E-state index in [2.05, 4.69) is 5.32 Å². The number of benzene rings is 1. The minimum absolute atomic E-state index is 0.560. The lowest BCUT2D eigenvalue weighted by Gasteiger charge is -2.22. The van der Waals surface area contributed by atoms with E-state index in [0.717, 1.165) is 43.0 Å². The average molecular weight is 339 g/mol. The number of nitrogens with one attached hydrogen (secondary N) is 1. The number of halogens is 3. The van der Waals surface area contributed by atoms with Crippen molar-refractivity contribution in [3.05, 3.63) is 24.3 Å². The van der Waals surface area contributed by atoms with Crippen LogP contribution in [0.15, 0.2) is 29.2 Å². The fourth-order valence-corrected chi connectivity index (χ4v) is 4.06. The molecule has 1 N–H and O–H groups in total. The lowest BCUT2D eigenvalue weighted by Crippen LogP contribution is -2.23. The maximum atomic E-state index is 12.4. The lowest BCUT2D eigenvalue weighted by molar-refractivity contribution is -0.0436. The first kappa shape index (κ1) is 16.5. The summed E-state index contributed by atoms with van der Waals surface area (Å²) in [4.78, 5) is -0.727. The molecule has 21 heavy (non-hydrogen) atoms. The number of sulfone groups is 1. The number of anilines is 1. The Labute approximate surface area is 126 Å². The van der Waals surface area contributed by atoms with Gasteiger partial charge in [-0.15, -0.1) is 0 Å². The summed E-state index contributed by atoms with van der Waals surface area (Å²) in [6, 6.07) is 4.72. The molecule has 1 fully saturated rings. The van der Waals surface area contributed by atoms with E-state index in [9.17, 15) is 21.6 Å².